The van der Waals surface area contributed by atoms with Gasteiger partial charge >= 0.3 is 0 Å². The van der Waals surface area contributed by atoms with E-state index in [1.807, 2.05) is 54.6 Å². The quantitative estimate of drug-likeness (QED) is 0.698. The molecule has 3 aromatic carbocycles. The predicted octanol–water partition coefficient (Wildman–Crippen LogP) is 4.35. The lowest BCUT2D eigenvalue weighted by atomic mass is 10.1. The molecule has 3 rings (SSSR count). The standard InChI is InChI=1S/C23H22N2O3/c1-17(26)25(2)20-14-12-19(13-15-20)24-23(27)16-28-22-11-7-6-10-21(22)18-8-4-3-5-9-18/h3-15H,16H2,1-2H3,(H,24,27). The van der Waals surface area contributed by atoms with Gasteiger partial charge in [0.15, 0.2) is 6.61 Å². The SMILES string of the molecule is CC(=O)N(C)c1ccc(NC(=O)COc2ccccc2-c2ccccc2)cc1. The molecule has 0 unspecified atom stereocenters. The van der Waals surface area contributed by atoms with E-state index in [0.29, 0.717) is 11.4 Å². The zero-order valence-corrected chi connectivity index (χ0v) is 15.9. The Morgan fingerprint density at radius 1 is 0.893 bits per heavy atom. The van der Waals surface area contributed by atoms with Crippen LogP contribution in [-0.2, 0) is 9.59 Å². The average Bonchev–Trinajstić information content (AvgIpc) is 2.73. The summed E-state index contributed by atoms with van der Waals surface area (Å²) in [5.74, 6) is 0.347. The van der Waals surface area contributed by atoms with E-state index in [2.05, 4.69) is 5.32 Å². The predicted molar refractivity (Wildman–Crippen MR) is 112 cm³/mol. The van der Waals surface area contributed by atoms with E-state index in [1.165, 1.54) is 11.8 Å². The van der Waals surface area contributed by atoms with Crippen molar-refractivity contribution in [3.63, 3.8) is 0 Å². The molecule has 142 valence electrons. The Labute approximate surface area is 164 Å². The Bertz CT molecular complexity index is 953. The molecular formula is C23H22N2O3. The monoisotopic (exact) mass is 374 g/mol. The fourth-order valence-electron chi connectivity index (χ4n) is 2.74. The number of hydrogen-bond donors (Lipinski definition) is 1. The molecule has 2 amide bonds. The second-order valence-electron chi connectivity index (χ2n) is 6.32. The molecule has 28 heavy (non-hydrogen) atoms. The zero-order valence-electron chi connectivity index (χ0n) is 15.9. The van der Waals surface area contributed by atoms with Gasteiger partial charge in [0.2, 0.25) is 5.91 Å². The number of benzene rings is 3. The van der Waals surface area contributed by atoms with Crippen LogP contribution in [0, 0.1) is 0 Å². The second kappa shape index (κ2) is 8.86. The van der Waals surface area contributed by atoms with E-state index >= 15 is 0 Å². The molecule has 0 fully saturated rings. The van der Waals surface area contributed by atoms with Crippen molar-refractivity contribution in [3.05, 3.63) is 78.9 Å². The Hall–Kier alpha value is -3.60. The third-order valence-corrected chi connectivity index (χ3v) is 4.34. The fraction of sp³-hybridized carbons (Fsp3) is 0.130. The number of carbonyl (C=O) groups is 2. The van der Waals surface area contributed by atoms with Crippen LogP contribution < -0.4 is 15.0 Å². The van der Waals surface area contributed by atoms with E-state index < -0.39 is 0 Å². The number of anilines is 2. The smallest absolute Gasteiger partial charge is 0.262 e. The van der Waals surface area contributed by atoms with Crippen LogP contribution in [0.25, 0.3) is 11.1 Å². The molecule has 5 nitrogen and oxygen atoms in total. The highest BCUT2D eigenvalue weighted by atomic mass is 16.5. The number of carbonyl (C=O) groups excluding carboxylic acids is 2. The van der Waals surface area contributed by atoms with E-state index in [4.69, 9.17) is 4.74 Å². The number of nitrogens with one attached hydrogen (secondary N) is 1. The van der Waals surface area contributed by atoms with Crippen LogP contribution in [0.1, 0.15) is 6.92 Å². The third kappa shape index (κ3) is 4.76. The highest BCUT2D eigenvalue weighted by molar-refractivity contribution is 5.93. The number of hydrogen-bond acceptors (Lipinski definition) is 3. The topological polar surface area (TPSA) is 58.6 Å². The van der Waals surface area contributed by atoms with E-state index in [0.717, 1.165) is 16.8 Å². The number of nitrogens with zero attached hydrogens (tertiary/aromatic N) is 1. The molecular weight excluding hydrogens is 352 g/mol. The summed E-state index contributed by atoms with van der Waals surface area (Å²) in [7, 11) is 1.70. The number of ether oxygens (including phenoxy) is 1. The molecule has 0 aliphatic heterocycles. The molecule has 0 aliphatic rings. The molecule has 0 aromatic heterocycles. The first-order valence-corrected chi connectivity index (χ1v) is 8.96. The summed E-state index contributed by atoms with van der Waals surface area (Å²) in [6.07, 6.45) is 0. The van der Waals surface area contributed by atoms with Gasteiger partial charge in [0.05, 0.1) is 0 Å². The number of rotatable bonds is 6. The molecule has 0 bridgehead atoms. The highest BCUT2D eigenvalue weighted by Gasteiger charge is 2.09. The van der Waals surface area contributed by atoms with Gasteiger partial charge in [-0.2, -0.15) is 0 Å². The maximum Gasteiger partial charge on any atom is 0.262 e. The van der Waals surface area contributed by atoms with E-state index in [-0.39, 0.29) is 18.4 Å². The van der Waals surface area contributed by atoms with Crippen molar-refractivity contribution in [2.75, 3.05) is 23.9 Å². The van der Waals surface area contributed by atoms with Crippen molar-refractivity contribution in [1.29, 1.82) is 0 Å². The summed E-state index contributed by atoms with van der Waals surface area (Å²) in [4.78, 5) is 25.2. The van der Waals surface area contributed by atoms with Gasteiger partial charge in [-0.25, -0.2) is 0 Å². The molecule has 0 saturated heterocycles. The summed E-state index contributed by atoms with van der Waals surface area (Å²) in [5.41, 5.74) is 3.38. The van der Waals surface area contributed by atoms with Gasteiger partial charge in [0.1, 0.15) is 5.75 Å². The minimum Gasteiger partial charge on any atom is -0.483 e. The van der Waals surface area contributed by atoms with Crippen LogP contribution in [0.3, 0.4) is 0 Å². The lowest BCUT2D eigenvalue weighted by molar-refractivity contribution is -0.118. The van der Waals surface area contributed by atoms with E-state index in [9.17, 15) is 9.59 Å². The first kappa shape index (κ1) is 19.2. The fourth-order valence-corrected chi connectivity index (χ4v) is 2.74. The molecule has 0 saturated carbocycles. The van der Waals surface area contributed by atoms with Crippen LogP contribution in [0.15, 0.2) is 78.9 Å². The third-order valence-electron chi connectivity index (χ3n) is 4.34. The van der Waals surface area contributed by atoms with Gasteiger partial charge in [-0.3, -0.25) is 9.59 Å². The molecule has 0 heterocycles. The molecule has 0 spiro atoms. The van der Waals surface area contributed by atoms with Crippen molar-refractivity contribution in [2.24, 2.45) is 0 Å². The maximum absolute atomic E-state index is 12.3. The summed E-state index contributed by atoms with van der Waals surface area (Å²) in [6.45, 7) is 1.40. The van der Waals surface area contributed by atoms with E-state index in [1.54, 1.807) is 31.3 Å². The number of para-hydroxylation sites is 1. The van der Waals surface area contributed by atoms with Crippen molar-refractivity contribution < 1.29 is 14.3 Å². The van der Waals surface area contributed by atoms with Crippen LogP contribution in [0.2, 0.25) is 0 Å². The van der Waals surface area contributed by atoms with Crippen molar-refractivity contribution >= 4 is 23.2 Å². The van der Waals surface area contributed by atoms with Gasteiger partial charge in [0.25, 0.3) is 5.91 Å². The van der Waals surface area contributed by atoms with Gasteiger partial charge in [-0.15, -0.1) is 0 Å². The minimum absolute atomic E-state index is 0.0535. The Morgan fingerprint density at radius 3 is 2.21 bits per heavy atom. The average molecular weight is 374 g/mol. The summed E-state index contributed by atoms with van der Waals surface area (Å²) < 4.78 is 5.75. The Morgan fingerprint density at radius 2 is 1.54 bits per heavy atom. The molecule has 3 aromatic rings. The number of amides is 2. The summed E-state index contributed by atoms with van der Waals surface area (Å²) in [6, 6.07) is 24.6. The van der Waals surface area contributed by atoms with Gasteiger partial charge in [0, 0.05) is 30.9 Å². The first-order chi connectivity index (χ1) is 13.5. The lowest BCUT2D eigenvalue weighted by Gasteiger charge is -2.15. The van der Waals surface area contributed by atoms with Gasteiger partial charge < -0.3 is 15.0 Å². The highest BCUT2D eigenvalue weighted by Crippen LogP contribution is 2.29. The van der Waals surface area contributed by atoms with Crippen LogP contribution in [-0.4, -0.2) is 25.5 Å². The Kier molecular flexibility index (Phi) is 6.07. The summed E-state index contributed by atoms with van der Waals surface area (Å²) >= 11 is 0. The van der Waals surface area contributed by atoms with Crippen LogP contribution >= 0.6 is 0 Å². The molecule has 0 aliphatic carbocycles. The minimum atomic E-state index is -0.254. The van der Waals surface area contributed by atoms with Gasteiger partial charge in [-0.05, 0) is 35.9 Å². The molecule has 0 radical (unpaired) electrons. The second-order valence-corrected chi connectivity index (χ2v) is 6.32. The zero-order chi connectivity index (χ0) is 19.9. The lowest BCUT2D eigenvalue weighted by Crippen LogP contribution is -2.23. The largest absolute Gasteiger partial charge is 0.483 e. The maximum atomic E-state index is 12.3. The van der Waals surface area contributed by atoms with Crippen LogP contribution in [0.5, 0.6) is 5.75 Å². The van der Waals surface area contributed by atoms with Gasteiger partial charge in [-0.1, -0.05) is 48.5 Å². The summed E-state index contributed by atoms with van der Waals surface area (Å²) in [5, 5.41) is 2.80. The molecule has 0 atom stereocenters. The van der Waals surface area contributed by atoms with Crippen molar-refractivity contribution in [1.82, 2.24) is 0 Å². The Balaban J connectivity index is 1.62. The molecule has 5 heteroatoms. The van der Waals surface area contributed by atoms with Crippen molar-refractivity contribution in [2.45, 2.75) is 6.92 Å². The first-order valence-electron chi connectivity index (χ1n) is 8.96. The van der Waals surface area contributed by atoms with Crippen LogP contribution in [0.4, 0.5) is 11.4 Å². The molecule has 1 N–H and O–H groups in total. The normalized spacial score (nSPS) is 10.2. The van der Waals surface area contributed by atoms with Crippen molar-refractivity contribution in [3.8, 4) is 16.9 Å².